The predicted molar refractivity (Wildman–Crippen MR) is 130 cm³/mol. The summed E-state index contributed by atoms with van der Waals surface area (Å²) in [5.41, 5.74) is 0.992. The average Bonchev–Trinajstić information content (AvgIpc) is 2.78. The number of hydrogen-bond donors (Lipinski definition) is 2. The number of halogens is 1. The fourth-order valence-electron chi connectivity index (χ4n) is 4.93. The molecule has 0 saturated carbocycles. The van der Waals surface area contributed by atoms with Crippen molar-refractivity contribution in [3.63, 3.8) is 0 Å². The third-order valence-corrected chi connectivity index (χ3v) is 6.56. The van der Waals surface area contributed by atoms with E-state index in [9.17, 15) is 4.39 Å². The number of guanidine groups is 1. The molecule has 1 unspecified atom stereocenters. The van der Waals surface area contributed by atoms with E-state index in [0.717, 1.165) is 56.5 Å². The minimum atomic E-state index is -0.290. The van der Waals surface area contributed by atoms with Crippen LogP contribution in [0.25, 0.3) is 0 Å². The van der Waals surface area contributed by atoms with Crippen molar-refractivity contribution in [2.24, 2.45) is 16.8 Å². The number of methoxy groups -OCH3 is 1. The Morgan fingerprint density at radius 3 is 2.62 bits per heavy atom. The molecular weight excluding hydrogens is 405 g/mol. The smallest absolute Gasteiger partial charge is 0.191 e. The summed E-state index contributed by atoms with van der Waals surface area (Å²) in [4.78, 5) is 9.46. The largest absolute Gasteiger partial charge is 0.494 e. The summed E-state index contributed by atoms with van der Waals surface area (Å²) in [6.45, 7) is 12.0. The van der Waals surface area contributed by atoms with E-state index in [1.165, 1.54) is 39.6 Å². The van der Waals surface area contributed by atoms with Crippen LogP contribution in [-0.2, 0) is 6.54 Å². The Kier molecular flexibility index (Phi) is 9.60. The lowest BCUT2D eigenvalue weighted by atomic mass is 9.97. The van der Waals surface area contributed by atoms with E-state index in [4.69, 9.17) is 4.74 Å². The molecule has 0 radical (unpaired) electrons. The molecule has 2 aliphatic heterocycles. The summed E-state index contributed by atoms with van der Waals surface area (Å²) >= 11 is 0. The van der Waals surface area contributed by atoms with Gasteiger partial charge in [0.1, 0.15) is 0 Å². The molecule has 1 atom stereocenters. The van der Waals surface area contributed by atoms with Crippen molar-refractivity contribution in [3.8, 4) is 5.75 Å². The van der Waals surface area contributed by atoms with Gasteiger partial charge >= 0.3 is 0 Å². The molecule has 2 aliphatic rings. The van der Waals surface area contributed by atoms with Gasteiger partial charge < -0.3 is 20.3 Å². The Balaban J connectivity index is 1.38. The summed E-state index contributed by atoms with van der Waals surface area (Å²) < 4.78 is 19.0. The highest BCUT2D eigenvalue weighted by Crippen LogP contribution is 2.20. The highest BCUT2D eigenvalue weighted by atomic mass is 19.1. The zero-order valence-electron chi connectivity index (χ0n) is 20.4. The lowest BCUT2D eigenvalue weighted by Crippen LogP contribution is -2.50. The van der Waals surface area contributed by atoms with E-state index < -0.39 is 0 Å². The summed E-state index contributed by atoms with van der Waals surface area (Å²) in [5, 5.41) is 7.19. The van der Waals surface area contributed by atoms with Gasteiger partial charge in [0.05, 0.1) is 7.11 Å². The van der Waals surface area contributed by atoms with Gasteiger partial charge in [0.2, 0.25) is 0 Å². The van der Waals surface area contributed by atoms with E-state index in [1.54, 1.807) is 12.1 Å². The molecule has 0 amide bonds. The molecule has 6 nitrogen and oxygen atoms in total. The lowest BCUT2D eigenvalue weighted by Gasteiger charge is -2.35. The number of rotatable bonds is 8. The van der Waals surface area contributed by atoms with E-state index in [1.807, 2.05) is 13.1 Å². The second kappa shape index (κ2) is 12.4. The summed E-state index contributed by atoms with van der Waals surface area (Å²) in [6, 6.07) is 5.67. The first kappa shape index (κ1) is 24.8. The van der Waals surface area contributed by atoms with Gasteiger partial charge in [0.25, 0.3) is 0 Å². The fourth-order valence-corrected chi connectivity index (χ4v) is 4.93. The molecule has 2 N–H and O–H groups in total. The molecule has 0 spiro atoms. The van der Waals surface area contributed by atoms with Crippen LogP contribution in [0.4, 0.5) is 4.39 Å². The monoisotopic (exact) mass is 447 g/mol. The van der Waals surface area contributed by atoms with Gasteiger partial charge in [-0.3, -0.25) is 9.89 Å². The number of likely N-dealkylation sites (tertiary alicyclic amines) is 2. The predicted octanol–water partition coefficient (Wildman–Crippen LogP) is 3.33. The van der Waals surface area contributed by atoms with Gasteiger partial charge in [-0.25, -0.2) is 4.39 Å². The molecule has 0 aliphatic carbocycles. The third kappa shape index (κ3) is 7.62. The first-order valence-electron chi connectivity index (χ1n) is 12.2. The van der Waals surface area contributed by atoms with Crippen LogP contribution < -0.4 is 15.4 Å². The van der Waals surface area contributed by atoms with Gasteiger partial charge in [-0.2, -0.15) is 0 Å². The Labute approximate surface area is 193 Å². The van der Waals surface area contributed by atoms with Crippen LogP contribution in [0.2, 0.25) is 0 Å². The van der Waals surface area contributed by atoms with Crippen LogP contribution in [0.5, 0.6) is 5.75 Å². The number of benzene rings is 1. The van der Waals surface area contributed by atoms with E-state index >= 15 is 0 Å². The van der Waals surface area contributed by atoms with Crippen LogP contribution in [-0.4, -0.2) is 75.2 Å². The van der Waals surface area contributed by atoms with Gasteiger partial charge in [0.15, 0.2) is 17.5 Å². The molecule has 2 heterocycles. The highest BCUT2D eigenvalue weighted by molar-refractivity contribution is 5.79. The topological polar surface area (TPSA) is 52.1 Å². The van der Waals surface area contributed by atoms with E-state index in [-0.39, 0.29) is 5.82 Å². The zero-order valence-corrected chi connectivity index (χ0v) is 20.4. The SMILES string of the molecule is CN=C(NCC1CCCN(CC(C)C)C1)NC1CCN(Cc2ccc(OC)c(F)c2)CC1. The number of aliphatic imine (C=N–C) groups is 1. The molecular formula is C25H42FN5O. The maximum atomic E-state index is 14.0. The number of nitrogens with zero attached hydrogens (tertiary/aromatic N) is 3. The molecule has 2 saturated heterocycles. The Bertz CT molecular complexity index is 733. The third-order valence-electron chi connectivity index (χ3n) is 6.56. The van der Waals surface area contributed by atoms with Crippen LogP contribution in [0.15, 0.2) is 23.2 Å². The summed E-state index contributed by atoms with van der Waals surface area (Å²) in [6.07, 6.45) is 4.71. The van der Waals surface area contributed by atoms with Crippen molar-refractivity contribution in [2.45, 2.75) is 52.1 Å². The fraction of sp³-hybridized carbons (Fsp3) is 0.720. The molecule has 1 aromatic rings. The van der Waals surface area contributed by atoms with E-state index in [2.05, 4.69) is 39.3 Å². The first-order chi connectivity index (χ1) is 15.5. The minimum Gasteiger partial charge on any atom is -0.494 e. The van der Waals surface area contributed by atoms with Gasteiger partial charge in [-0.1, -0.05) is 19.9 Å². The average molecular weight is 448 g/mol. The van der Waals surface area contributed by atoms with Crippen molar-refractivity contribution in [3.05, 3.63) is 29.6 Å². The summed E-state index contributed by atoms with van der Waals surface area (Å²) in [7, 11) is 3.35. The maximum absolute atomic E-state index is 14.0. The normalized spacial score (nSPS) is 21.7. The summed E-state index contributed by atoms with van der Waals surface area (Å²) in [5.74, 6) is 2.35. The first-order valence-corrected chi connectivity index (χ1v) is 12.2. The molecule has 3 rings (SSSR count). The second-order valence-electron chi connectivity index (χ2n) is 9.78. The number of hydrogen-bond acceptors (Lipinski definition) is 4. The van der Waals surface area contributed by atoms with Crippen LogP contribution in [0, 0.1) is 17.7 Å². The minimum absolute atomic E-state index is 0.290. The lowest BCUT2D eigenvalue weighted by molar-refractivity contribution is 0.159. The van der Waals surface area contributed by atoms with Gasteiger partial charge in [-0.15, -0.1) is 0 Å². The number of nitrogens with one attached hydrogen (secondary N) is 2. The Hall–Kier alpha value is -1.86. The second-order valence-corrected chi connectivity index (χ2v) is 9.78. The van der Waals surface area contributed by atoms with E-state index in [0.29, 0.717) is 17.7 Å². The molecule has 0 aromatic heterocycles. The van der Waals surface area contributed by atoms with Crippen molar-refractivity contribution >= 4 is 5.96 Å². The van der Waals surface area contributed by atoms with Gasteiger partial charge in [0, 0.05) is 52.4 Å². The molecule has 32 heavy (non-hydrogen) atoms. The van der Waals surface area contributed by atoms with Crippen molar-refractivity contribution in [1.29, 1.82) is 0 Å². The standard InChI is InChI=1S/C25H42FN5O/c1-19(2)16-31-11-5-6-21(18-31)15-28-25(27-3)29-22-9-12-30(13-10-22)17-20-7-8-24(32-4)23(26)14-20/h7-8,14,19,21-22H,5-6,9-13,15-18H2,1-4H3,(H2,27,28,29). The Morgan fingerprint density at radius 1 is 1.19 bits per heavy atom. The van der Waals surface area contributed by atoms with Gasteiger partial charge in [-0.05, 0) is 61.8 Å². The molecule has 7 heteroatoms. The quantitative estimate of drug-likeness (QED) is 0.473. The van der Waals surface area contributed by atoms with Crippen LogP contribution in [0.1, 0.15) is 45.1 Å². The molecule has 1 aromatic carbocycles. The van der Waals surface area contributed by atoms with Crippen molar-refractivity contribution in [1.82, 2.24) is 20.4 Å². The van der Waals surface area contributed by atoms with Crippen molar-refractivity contribution < 1.29 is 9.13 Å². The number of piperidine rings is 2. The van der Waals surface area contributed by atoms with Crippen LogP contribution >= 0.6 is 0 Å². The molecule has 180 valence electrons. The van der Waals surface area contributed by atoms with Crippen molar-refractivity contribution in [2.75, 3.05) is 53.4 Å². The highest BCUT2D eigenvalue weighted by Gasteiger charge is 2.23. The van der Waals surface area contributed by atoms with Crippen LogP contribution in [0.3, 0.4) is 0 Å². The number of ether oxygens (including phenoxy) is 1. The molecule has 2 fully saturated rings. The maximum Gasteiger partial charge on any atom is 0.191 e. The Morgan fingerprint density at radius 2 is 1.97 bits per heavy atom. The zero-order chi connectivity index (χ0) is 22.9. The molecule has 0 bridgehead atoms.